The van der Waals surface area contributed by atoms with Crippen molar-refractivity contribution < 1.29 is 0 Å². The lowest BCUT2D eigenvalue weighted by molar-refractivity contribution is 0.655. The van der Waals surface area contributed by atoms with Crippen molar-refractivity contribution in [2.24, 2.45) is 0 Å². The summed E-state index contributed by atoms with van der Waals surface area (Å²) >= 11 is 0. The highest BCUT2D eigenvalue weighted by Crippen LogP contribution is 2.04. The zero-order chi connectivity index (χ0) is 6.95. The molecule has 9 heavy (non-hydrogen) atoms. The van der Waals surface area contributed by atoms with E-state index in [1.54, 1.807) is 0 Å². The van der Waals surface area contributed by atoms with Crippen LogP contribution in [0.15, 0.2) is 0 Å². The van der Waals surface area contributed by atoms with Crippen LogP contribution in [0.1, 0.15) is 39.0 Å². The van der Waals surface area contributed by atoms with Gasteiger partial charge in [0.1, 0.15) is 0 Å². The summed E-state index contributed by atoms with van der Waals surface area (Å²) in [6.45, 7) is 4.62. The second-order valence-electron chi connectivity index (χ2n) is 2.61. The first kappa shape index (κ1) is 9.22. The molecule has 0 aliphatic rings. The molecule has 0 spiro atoms. The third-order valence-electron chi connectivity index (χ3n) is 1.60. The van der Waals surface area contributed by atoms with Crippen LogP contribution in [0.4, 0.5) is 0 Å². The molecule has 0 saturated carbocycles. The Balaban J connectivity index is 2.60. The smallest absolute Gasteiger partial charge is 0.0246 e. The first-order valence-electron chi connectivity index (χ1n) is 4.19. The molecule has 0 N–H and O–H groups in total. The minimum Gasteiger partial charge on any atom is -0.0741 e. The van der Waals surface area contributed by atoms with E-state index in [0.717, 1.165) is 9.52 Å². The Kier molecular flexibility index (Phi) is 8.41. The van der Waals surface area contributed by atoms with Crippen LogP contribution >= 0.6 is 0 Å². The number of hydrogen-bond acceptors (Lipinski definition) is 0. The lowest BCUT2D eigenvalue weighted by atomic mass is 10.2. The fourth-order valence-electron chi connectivity index (χ4n) is 0.952. The lowest BCUT2D eigenvalue weighted by Crippen LogP contribution is -1.81. The van der Waals surface area contributed by atoms with Crippen LogP contribution in [0.3, 0.4) is 0 Å². The number of rotatable bonds is 6. The molecular weight excluding hydrogens is 124 g/mol. The molecule has 1 radical (unpaired) electrons. The Morgan fingerprint density at radius 2 is 1.67 bits per heavy atom. The fraction of sp³-hybridized carbons (Fsp3) is 1.00. The number of hydrogen-bond donors (Lipinski definition) is 0. The Labute approximate surface area is 61.9 Å². The molecule has 0 aliphatic carbocycles. The SMILES string of the molecule is CCCCCCC[SiH]C. The van der Waals surface area contributed by atoms with E-state index in [1.807, 2.05) is 0 Å². The van der Waals surface area contributed by atoms with Crippen molar-refractivity contribution >= 4 is 9.52 Å². The minimum absolute atomic E-state index is 0.775. The van der Waals surface area contributed by atoms with Crippen molar-refractivity contribution in [3.05, 3.63) is 0 Å². The molecule has 0 fully saturated rings. The maximum absolute atomic E-state index is 2.35. The van der Waals surface area contributed by atoms with Gasteiger partial charge < -0.3 is 0 Å². The van der Waals surface area contributed by atoms with E-state index >= 15 is 0 Å². The molecule has 0 nitrogen and oxygen atoms in total. The van der Waals surface area contributed by atoms with Gasteiger partial charge in [-0.2, -0.15) is 0 Å². The third kappa shape index (κ3) is 8.22. The second-order valence-corrected chi connectivity index (χ2v) is 4.00. The number of unbranched alkanes of at least 4 members (excludes halogenated alkanes) is 4. The van der Waals surface area contributed by atoms with Crippen LogP contribution in [-0.2, 0) is 0 Å². The van der Waals surface area contributed by atoms with Crippen molar-refractivity contribution in [1.82, 2.24) is 0 Å². The van der Waals surface area contributed by atoms with E-state index in [0.29, 0.717) is 0 Å². The summed E-state index contributed by atoms with van der Waals surface area (Å²) in [5.41, 5.74) is 0. The van der Waals surface area contributed by atoms with Crippen LogP contribution in [0.2, 0.25) is 12.6 Å². The van der Waals surface area contributed by atoms with Gasteiger partial charge in [0.15, 0.2) is 0 Å². The molecule has 0 aliphatic heterocycles. The zero-order valence-electron chi connectivity index (χ0n) is 6.82. The van der Waals surface area contributed by atoms with Crippen LogP contribution < -0.4 is 0 Å². The van der Waals surface area contributed by atoms with Gasteiger partial charge in [0, 0.05) is 9.52 Å². The monoisotopic (exact) mass is 143 g/mol. The summed E-state index contributed by atoms with van der Waals surface area (Å²) in [6.07, 6.45) is 7.26. The maximum atomic E-state index is 2.35. The van der Waals surface area contributed by atoms with E-state index in [4.69, 9.17) is 0 Å². The molecule has 0 aromatic heterocycles. The highest BCUT2D eigenvalue weighted by molar-refractivity contribution is 6.33. The van der Waals surface area contributed by atoms with Gasteiger partial charge in [0.05, 0.1) is 0 Å². The summed E-state index contributed by atoms with van der Waals surface area (Å²) in [6, 6.07) is 1.52. The Morgan fingerprint density at radius 1 is 1.00 bits per heavy atom. The zero-order valence-corrected chi connectivity index (χ0v) is 7.97. The molecule has 0 heterocycles. The predicted octanol–water partition coefficient (Wildman–Crippen LogP) is 2.86. The summed E-state index contributed by atoms with van der Waals surface area (Å²) in [7, 11) is 0.775. The van der Waals surface area contributed by atoms with Gasteiger partial charge in [0.2, 0.25) is 0 Å². The summed E-state index contributed by atoms with van der Waals surface area (Å²) < 4.78 is 0. The normalized spacial score (nSPS) is 10.0. The Morgan fingerprint density at radius 3 is 2.22 bits per heavy atom. The highest BCUT2D eigenvalue weighted by atomic mass is 28.2. The molecule has 1 heteroatoms. The van der Waals surface area contributed by atoms with Gasteiger partial charge in [-0.15, -0.1) is 0 Å². The summed E-state index contributed by atoms with van der Waals surface area (Å²) in [5, 5.41) is 0. The molecule has 55 valence electrons. The average molecular weight is 143 g/mol. The van der Waals surface area contributed by atoms with E-state index in [-0.39, 0.29) is 0 Å². The van der Waals surface area contributed by atoms with Gasteiger partial charge in [-0.3, -0.25) is 0 Å². The van der Waals surface area contributed by atoms with Crippen LogP contribution in [-0.4, -0.2) is 9.52 Å². The summed E-state index contributed by atoms with van der Waals surface area (Å²) in [5.74, 6) is 0. The highest BCUT2D eigenvalue weighted by Gasteiger charge is 1.86. The van der Waals surface area contributed by atoms with Gasteiger partial charge in [-0.25, -0.2) is 0 Å². The predicted molar refractivity (Wildman–Crippen MR) is 46.6 cm³/mol. The first-order valence-corrected chi connectivity index (χ1v) is 6.16. The molecule has 0 aromatic rings. The molecule has 0 bridgehead atoms. The van der Waals surface area contributed by atoms with Crippen molar-refractivity contribution in [2.45, 2.75) is 51.6 Å². The average Bonchev–Trinajstić information content (AvgIpc) is 1.89. The van der Waals surface area contributed by atoms with Crippen molar-refractivity contribution in [2.75, 3.05) is 0 Å². The molecule has 0 saturated heterocycles. The molecule has 0 aromatic carbocycles. The second kappa shape index (κ2) is 8.22. The van der Waals surface area contributed by atoms with E-state index in [1.165, 1.54) is 38.1 Å². The van der Waals surface area contributed by atoms with Gasteiger partial charge >= 0.3 is 0 Å². The first-order chi connectivity index (χ1) is 4.41. The minimum atomic E-state index is 0.775. The van der Waals surface area contributed by atoms with Crippen molar-refractivity contribution in [1.29, 1.82) is 0 Å². The Bertz CT molecular complexity index is 37.8. The van der Waals surface area contributed by atoms with Crippen molar-refractivity contribution in [3.63, 3.8) is 0 Å². The molecule has 0 rings (SSSR count). The largest absolute Gasteiger partial charge is 0.0741 e. The Hall–Kier alpha value is 0.217. The van der Waals surface area contributed by atoms with Gasteiger partial charge in [-0.1, -0.05) is 51.6 Å². The molecular formula is C8H19Si. The van der Waals surface area contributed by atoms with Crippen LogP contribution in [0, 0.1) is 0 Å². The van der Waals surface area contributed by atoms with Crippen molar-refractivity contribution in [3.8, 4) is 0 Å². The van der Waals surface area contributed by atoms with E-state index < -0.39 is 0 Å². The van der Waals surface area contributed by atoms with Gasteiger partial charge in [-0.05, 0) is 0 Å². The lowest BCUT2D eigenvalue weighted by Gasteiger charge is -1.95. The maximum Gasteiger partial charge on any atom is 0.0246 e. The molecule has 0 atom stereocenters. The van der Waals surface area contributed by atoms with Crippen LogP contribution in [0.5, 0.6) is 0 Å². The van der Waals surface area contributed by atoms with Gasteiger partial charge in [0.25, 0.3) is 0 Å². The topological polar surface area (TPSA) is 0 Å². The standard InChI is InChI=1S/C8H19Si/c1-3-4-5-6-7-8-9-2/h9H,3-8H2,1-2H3. The summed E-state index contributed by atoms with van der Waals surface area (Å²) in [4.78, 5) is 0. The third-order valence-corrected chi connectivity index (χ3v) is 2.58. The quantitative estimate of drug-likeness (QED) is 0.396. The fourth-order valence-corrected chi connectivity index (χ4v) is 1.65. The van der Waals surface area contributed by atoms with E-state index in [9.17, 15) is 0 Å². The molecule has 0 unspecified atom stereocenters. The van der Waals surface area contributed by atoms with E-state index in [2.05, 4.69) is 13.5 Å². The molecule has 0 amide bonds. The van der Waals surface area contributed by atoms with Crippen LogP contribution in [0.25, 0.3) is 0 Å².